The van der Waals surface area contributed by atoms with Gasteiger partial charge < -0.3 is 10.4 Å². The summed E-state index contributed by atoms with van der Waals surface area (Å²) < 4.78 is 23.7. The fraction of sp³-hybridized carbons (Fsp3) is 0.571. The molecular weight excluding hydrogens is 262 g/mol. The topological polar surface area (TPSA) is 66.4 Å². The number of benzene rings is 1. The van der Waals surface area contributed by atoms with E-state index in [1.54, 1.807) is 0 Å². The van der Waals surface area contributed by atoms with Gasteiger partial charge in [-0.05, 0) is 18.4 Å². The molecule has 0 spiro atoms. The van der Waals surface area contributed by atoms with Crippen LogP contribution in [0.4, 0.5) is 0 Å². The molecule has 0 bridgehead atoms. The van der Waals surface area contributed by atoms with Gasteiger partial charge in [-0.15, -0.1) is 0 Å². The molecule has 2 N–H and O–H groups in total. The van der Waals surface area contributed by atoms with Crippen molar-refractivity contribution in [2.75, 3.05) is 12.9 Å². The Hall–Kier alpha value is -0.910. The van der Waals surface area contributed by atoms with Crippen LogP contribution in [0.1, 0.15) is 24.8 Å². The largest absolute Gasteiger partial charge is 0.394 e. The summed E-state index contributed by atoms with van der Waals surface area (Å²) in [5.74, 6) is 0. The Balaban J connectivity index is 2.14. The van der Waals surface area contributed by atoms with E-state index in [2.05, 4.69) is 5.32 Å². The molecule has 19 heavy (non-hydrogen) atoms. The monoisotopic (exact) mass is 283 g/mol. The fourth-order valence-corrected chi connectivity index (χ4v) is 4.67. The standard InChI is InChI=1S/C14H21NO3S/c1-19(17,18)13-8-5-9-14(13,11-16)15-10-12-6-3-2-4-7-12/h2-4,6-7,13,15-16H,5,8-11H2,1H3. The van der Waals surface area contributed by atoms with Gasteiger partial charge in [0.2, 0.25) is 0 Å². The first-order valence-corrected chi connectivity index (χ1v) is 8.52. The molecule has 0 aromatic heterocycles. The van der Waals surface area contributed by atoms with E-state index in [0.717, 1.165) is 12.0 Å². The van der Waals surface area contributed by atoms with Crippen molar-refractivity contribution in [3.8, 4) is 0 Å². The molecular formula is C14H21NO3S. The first-order valence-electron chi connectivity index (χ1n) is 6.57. The summed E-state index contributed by atoms with van der Waals surface area (Å²) in [4.78, 5) is 0. The highest BCUT2D eigenvalue weighted by Gasteiger charge is 2.47. The van der Waals surface area contributed by atoms with Crippen molar-refractivity contribution in [2.24, 2.45) is 0 Å². The molecule has 2 atom stereocenters. The SMILES string of the molecule is CS(=O)(=O)C1CCCC1(CO)NCc1ccccc1. The van der Waals surface area contributed by atoms with E-state index >= 15 is 0 Å². The zero-order valence-electron chi connectivity index (χ0n) is 11.2. The molecule has 5 heteroatoms. The lowest BCUT2D eigenvalue weighted by molar-refractivity contribution is 0.164. The smallest absolute Gasteiger partial charge is 0.152 e. The molecule has 0 aliphatic heterocycles. The van der Waals surface area contributed by atoms with Gasteiger partial charge in [0.15, 0.2) is 9.84 Å². The molecule has 4 nitrogen and oxygen atoms in total. The molecule has 1 saturated carbocycles. The second kappa shape index (κ2) is 5.61. The predicted molar refractivity (Wildman–Crippen MR) is 75.6 cm³/mol. The summed E-state index contributed by atoms with van der Waals surface area (Å²) in [6.07, 6.45) is 3.42. The van der Waals surface area contributed by atoms with Gasteiger partial charge in [-0.2, -0.15) is 0 Å². The molecule has 0 radical (unpaired) electrons. The van der Waals surface area contributed by atoms with Crippen LogP contribution in [0.15, 0.2) is 30.3 Å². The van der Waals surface area contributed by atoms with Gasteiger partial charge in [0, 0.05) is 12.8 Å². The van der Waals surface area contributed by atoms with Crippen LogP contribution in [-0.2, 0) is 16.4 Å². The average Bonchev–Trinajstić information content (AvgIpc) is 2.82. The van der Waals surface area contributed by atoms with Crippen molar-refractivity contribution < 1.29 is 13.5 Å². The van der Waals surface area contributed by atoms with Gasteiger partial charge in [-0.1, -0.05) is 36.8 Å². The third-order valence-electron chi connectivity index (χ3n) is 3.99. The Morgan fingerprint density at radius 3 is 2.63 bits per heavy atom. The highest BCUT2D eigenvalue weighted by atomic mass is 32.2. The molecule has 1 aromatic rings. The number of rotatable bonds is 5. The Bertz CT molecular complexity index is 515. The van der Waals surface area contributed by atoms with Crippen LogP contribution < -0.4 is 5.32 Å². The lowest BCUT2D eigenvalue weighted by Crippen LogP contribution is -2.56. The fourth-order valence-electron chi connectivity index (χ4n) is 2.98. The third-order valence-corrected chi connectivity index (χ3v) is 5.71. The van der Waals surface area contributed by atoms with Gasteiger partial charge >= 0.3 is 0 Å². The van der Waals surface area contributed by atoms with Crippen LogP contribution in [0.3, 0.4) is 0 Å². The van der Waals surface area contributed by atoms with Crippen LogP contribution in [0.5, 0.6) is 0 Å². The van der Waals surface area contributed by atoms with E-state index < -0.39 is 20.6 Å². The van der Waals surface area contributed by atoms with Gasteiger partial charge in [0.25, 0.3) is 0 Å². The summed E-state index contributed by atoms with van der Waals surface area (Å²) in [7, 11) is -3.15. The quantitative estimate of drug-likeness (QED) is 0.849. The second-order valence-electron chi connectivity index (χ2n) is 5.36. The van der Waals surface area contributed by atoms with E-state index in [1.165, 1.54) is 6.26 Å². The van der Waals surface area contributed by atoms with Crippen molar-refractivity contribution in [1.29, 1.82) is 0 Å². The minimum atomic E-state index is -3.15. The van der Waals surface area contributed by atoms with Crippen LogP contribution in [-0.4, -0.2) is 37.2 Å². The number of sulfone groups is 1. The van der Waals surface area contributed by atoms with Crippen LogP contribution in [0.2, 0.25) is 0 Å². The molecule has 2 unspecified atom stereocenters. The Kier molecular flexibility index (Phi) is 4.28. The molecule has 2 rings (SSSR count). The third kappa shape index (κ3) is 3.16. The highest BCUT2D eigenvalue weighted by molar-refractivity contribution is 7.91. The summed E-state index contributed by atoms with van der Waals surface area (Å²) in [5.41, 5.74) is 0.401. The summed E-state index contributed by atoms with van der Waals surface area (Å²) in [6.45, 7) is 0.436. The highest BCUT2D eigenvalue weighted by Crippen LogP contribution is 2.34. The molecule has 0 amide bonds. The first-order chi connectivity index (χ1) is 8.98. The van der Waals surface area contributed by atoms with Crippen LogP contribution in [0, 0.1) is 0 Å². The Labute approximate surface area is 114 Å². The number of aliphatic hydroxyl groups is 1. The zero-order valence-corrected chi connectivity index (χ0v) is 12.0. The maximum atomic E-state index is 11.9. The number of hydrogen-bond acceptors (Lipinski definition) is 4. The average molecular weight is 283 g/mol. The molecule has 1 aromatic carbocycles. The van der Waals surface area contributed by atoms with Crippen LogP contribution in [0.25, 0.3) is 0 Å². The van der Waals surface area contributed by atoms with Gasteiger partial charge in [0.05, 0.1) is 17.4 Å². The van der Waals surface area contributed by atoms with Crippen LogP contribution >= 0.6 is 0 Å². The van der Waals surface area contributed by atoms with E-state index in [1.807, 2.05) is 30.3 Å². The van der Waals surface area contributed by atoms with E-state index in [-0.39, 0.29) is 6.61 Å². The lowest BCUT2D eigenvalue weighted by atomic mass is 9.98. The molecule has 0 saturated heterocycles. The maximum absolute atomic E-state index is 11.9. The van der Waals surface area contributed by atoms with E-state index in [0.29, 0.717) is 19.4 Å². The molecule has 1 aliphatic rings. The summed E-state index contributed by atoms with van der Waals surface area (Å²) >= 11 is 0. The van der Waals surface area contributed by atoms with Crippen molar-refractivity contribution in [3.05, 3.63) is 35.9 Å². The minimum absolute atomic E-state index is 0.141. The van der Waals surface area contributed by atoms with E-state index in [4.69, 9.17) is 0 Å². The minimum Gasteiger partial charge on any atom is -0.394 e. The second-order valence-corrected chi connectivity index (χ2v) is 7.59. The van der Waals surface area contributed by atoms with E-state index in [9.17, 15) is 13.5 Å². The Morgan fingerprint density at radius 2 is 2.05 bits per heavy atom. The number of hydrogen-bond donors (Lipinski definition) is 2. The lowest BCUT2D eigenvalue weighted by Gasteiger charge is -2.34. The first kappa shape index (κ1) is 14.5. The number of nitrogens with one attached hydrogen (secondary N) is 1. The van der Waals surface area contributed by atoms with Gasteiger partial charge in [0.1, 0.15) is 0 Å². The number of aliphatic hydroxyl groups excluding tert-OH is 1. The van der Waals surface area contributed by atoms with Gasteiger partial charge in [-0.3, -0.25) is 0 Å². The molecule has 1 fully saturated rings. The summed E-state index contributed by atoms with van der Waals surface area (Å²) in [6, 6.07) is 9.82. The zero-order chi connectivity index (χ0) is 13.9. The molecule has 1 aliphatic carbocycles. The molecule has 106 valence electrons. The van der Waals surface area contributed by atoms with Gasteiger partial charge in [-0.25, -0.2) is 8.42 Å². The van der Waals surface area contributed by atoms with Crippen molar-refractivity contribution in [2.45, 2.75) is 36.6 Å². The molecule has 0 heterocycles. The van der Waals surface area contributed by atoms with Crippen molar-refractivity contribution in [3.63, 3.8) is 0 Å². The maximum Gasteiger partial charge on any atom is 0.152 e. The Morgan fingerprint density at radius 1 is 1.37 bits per heavy atom. The predicted octanol–water partition coefficient (Wildman–Crippen LogP) is 1.10. The van der Waals surface area contributed by atoms with Crippen molar-refractivity contribution in [1.82, 2.24) is 5.32 Å². The van der Waals surface area contributed by atoms with Crippen molar-refractivity contribution >= 4 is 9.84 Å². The normalized spacial score (nSPS) is 27.6. The summed E-state index contributed by atoms with van der Waals surface area (Å²) in [5, 5.41) is 12.5.